The van der Waals surface area contributed by atoms with Gasteiger partial charge in [0.2, 0.25) is 0 Å². The van der Waals surface area contributed by atoms with Crippen molar-refractivity contribution in [2.24, 2.45) is 0 Å². The standard InChI is InChI=1S/C15H22O3.Ga/c1-14(2,3)9-7-10(13(17)18)12(16)11(8-9)15(4,5)6;/h7-8,16H,1-6H3,(H,17,18);. The first-order valence-electron chi connectivity index (χ1n) is 6.06. The predicted molar refractivity (Wildman–Crippen MR) is 78.2 cm³/mol. The van der Waals surface area contributed by atoms with Gasteiger partial charge in [0, 0.05) is 25.4 Å². The van der Waals surface area contributed by atoms with E-state index in [1.54, 1.807) is 6.07 Å². The van der Waals surface area contributed by atoms with E-state index in [-0.39, 0.29) is 41.9 Å². The van der Waals surface area contributed by atoms with Crippen LogP contribution in [0, 0.1) is 0 Å². The van der Waals surface area contributed by atoms with Gasteiger partial charge in [0.05, 0.1) is 0 Å². The number of carboxylic acid groups (broad SMARTS) is 1. The molecule has 0 saturated heterocycles. The second kappa shape index (κ2) is 5.63. The second-order valence-electron chi connectivity index (χ2n) is 6.73. The van der Waals surface area contributed by atoms with Crippen molar-refractivity contribution in [1.29, 1.82) is 0 Å². The summed E-state index contributed by atoms with van der Waals surface area (Å²) in [5, 5.41) is 19.3. The Balaban J connectivity index is 0.00000324. The summed E-state index contributed by atoms with van der Waals surface area (Å²) in [6.07, 6.45) is 0. The second-order valence-corrected chi connectivity index (χ2v) is 6.73. The van der Waals surface area contributed by atoms with Crippen molar-refractivity contribution in [3.63, 3.8) is 0 Å². The molecule has 0 heterocycles. The topological polar surface area (TPSA) is 57.5 Å². The normalized spacial score (nSPS) is 11.9. The van der Waals surface area contributed by atoms with Gasteiger partial charge in [0.15, 0.2) is 0 Å². The summed E-state index contributed by atoms with van der Waals surface area (Å²) >= 11 is 0. The molecule has 0 fully saturated rings. The SMILES string of the molecule is CC(C)(C)c1cc(C(=O)O)c(O)c(C(C)(C)C)c1.[Ga]. The molecular weight excluding hydrogens is 298 g/mol. The first-order chi connectivity index (χ1) is 7.94. The third-order valence-corrected chi connectivity index (χ3v) is 3.01. The number of carbonyl (C=O) groups is 1. The molecule has 0 aliphatic heterocycles. The van der Waals surface area contributed by atoms with Crippen LogP contribution in [0.1, 0.15) is 63.0 Å². The molecule has 19 heavy (non-hydrogen) atoms. The molecule has 0 atom stereocenters. The average molecular weight is 320 g/mol. The van der Waals surface area contributed by atoms with Crippen molar-refractivity contribution in [3.8, 4) is 5.75 Å². The summed E-state index contributed by atoms with van der Waals surface area (Å²) in [4.78, 5) is 11.2. The number of phenols is 1. The van der Waals surface area contributed by atoms with Gasteiger partial charge in [-0.3, -0.25) is 0 Å². The van der Waals surface area contributed by atoms with Gasteiger partial charge in [0.1, 0.15) is 11.3 Å². The smallest absolute Gasteiger partial charge is 0.339 e. The maximum atomic E-state index is 11.2. The fourth-order valence-electron chi connectivity index (χ4n) is 1.80. The van der Waals surface area contributed by atoms with Gasteiger partial charge in [-0.2, -0.15) is 0 Å². The van der Waals surface area contributed by atoms with Crippen molar-refractivity contribution in [3.05, 3.63) is 28.8 Å². The number of benzene rings is 1. The van der Waals surface area contributed by atoms with Crippen molar-refractivity contribution < 1.29 is 15.0 Å². The van der Waals surface area contributed by atoms with Crippen molar-refractivity contribution >= 4 is 25.8 Å². The summed E-state index contributed by atoms with van der Waals surface area (Å²) in [5.41, 5.74) is 1.12. The monoisotopic (exact) mass is 319 g/mol. The number of aromatic carboxylic acids is 1. The molecule has 4 heteroatoms. The van der Waals surface area contributed by atoms with Crippen LogP contribution in [-0.2, 0) is 10.8 Å². The van der Waals surface area contributed by atoms with Crippen LogP contribution in [0.5, 0.6) is 5.75 Å². The summed E-state index contributed by atoms with van der Waals surface area (Å²) in [6.45, 7) is 12.0. The van der Waals surface area contributed by atoms with E-state index < -0.39 is 5.97 Å². The van der Waals surface area contributed by atoms with Crippen LogP contribution in [0.3, 0.4) is 0 Å². The molecule has 0 amide bonds. The fraction of sp³-hybridized carbons (Fsp3) is 0.533. The minimum absolute atomic E-state index is 0. The van der Waals surface area contributed by atoms with Crippen LogP contribution >= 0.6 is 0 Å². The quantitative estimate of drug-likeness (QED) is 0.781. The largest absolute Gasteiger partial charge is 0.507 e. The molecule has 0 aliphatic rings. The predicted octanol–water partition coefficient (Wildman–Crippen LogP) is 3.30. The molecule has 1 aromatic carbocycles. The molecule has 2 N–H and O–H groups in total. The van der Waals surface area contributed by atoms with E-state index in [2.05, 4.69) is 0 Å². The Labute approximate surface area is 128 Å². The van der Waals surface area contributed by atoms with Crippen molar-refractivity contribution in [2.45, 2.75) is 52.4 Å². The zero-order valence-corrected chi connectivity index (χ0v) is 15.0. The molecule has 0 saturated carbocycles. The van der Waals surface area contributed by atoms with Crippen LogP contribution in [0.15, 0.2) is 12.1 Å². The molecule has 0 spiro atoms. The van der Waals surface area contributed by atoms with Gasteiger partial charge in [-0.15, -0.1) is 0 Å². The molecule has 103 valence electrons. The Morgan fingerprint density at radius 2 is 1.47 bits per heavy atom. The zero-order chi connectivity index (χ0) is 14.3. The summed E-state index contributed by atoms with van der Waals surface area (Å²) in [5.74, 6) is -1.22. The molecule has 0 aliphatic carbocycles. The molecular formula is C15H22GaO3. The van der Waals surface area contributed by atoms with E-state index in [1.165, 1.54) is 0 Å². The first-order valence-corrected chi connectivity index (χ1v) is 6.06. The third-order valence-electron chi connectivity index (χ3n) is 3.01. The minimum Gasteiger partial charge on any atom is -0.507 e. The Bertz CT molecular complexity index is 479. The van der Waals surface area contributed by atoms with E-state index in [4.69, 9.17) is 0 Å². The van der Waals surface area contributed by atoms with Crippen LogP contribution in [-0.4, -0.2) is 36.0 Å². The summed E-state index contributed by atoms with van der Waals surface area (Å²) in [7, 11) is 0. The maximum absolute atomic E-state index is 11.2. The average Bonchev–Trinajstić information content (AvgIpc) is 2.13. The van der Waals surface area contributed by atoms with E-state index in [0.29, 0.717) is 5.56 Å². The molecule has 0 unspecified atom stereocenters. The molecule has 1 rings (SSSR count). The van der Waals surface area contributed by atoms with E-state index in [1.807, 2.05) is 47.6 Å². The summed E-state index contributed by atoms with van der Waals surface area (Å²) < 4.78 is 0. The van der Waals surface area contributed by atoms with Gasteiger partial charge in [0.25, 0.3) is 0 Å². The molecule has 0 aromatic heterocycles. The maximum Gasteiger partial charge on any atom is 0.339 e. The van der Waals surface area contributed by atoms with E-state index >= 15 is 0 Å². The molecule has 3 nitrogen and oxygen atoms in total. The van der Waals surface area contributed by atoms with Crippen molar-refractivity contribution in [2.75, 3.05) is 0 Å². The number of hydrogen-bond acceptors (Lipinski definition) is 2. The number of carboxylic acids is 1. The van der Waals surface area contributed by atoms with Crippen LogP contribution in [0.4, 0.5) is 0 Å². The van der Waals surface area contributed by atoms with Gasteiger partial charge in [-0.05, 0) is 22.5 Å². The van der Waals surface area contributed by atoms with Crippen LogP contribution < -0.4 is 0 Å². The van der Waals surface area contributed by atoms with E-state index in [0.717, 1.165) is 5.56 Å². The zero-order valence-electron chi connectivity index (χ0n) is 12.5. The van der Waals surface area contributed by atoms with E-state index in [9.17, 15) is 15.0 Å². The Kier molecular flexibility index (Phi) is 5.37. The number of aromatic hydroxyl groups is 1. The Morgan fingerprint density at radius 3 is 1.79 bits per heavy atom. The third kappa shape index (κ3) is 4.04. The molecule has 0 bridgehead atoms. The Hall–Kier alpha value is -0.874. The van der Waals surface area contributed by atoms with Gasteiger partial charge in [-0.1, -0.05) is 47.6 Å². The van der Waals surface area contributed by atoms with Gasteiger partial charge in [-0.25, -0.2) is 4.79 Å². The fourth-order valence-corrected chi connectivity index (χ4v) is 1.80. The number of rotatable bonds is 1. The van der Waals surface area contributed by atoms with Crippen LogP contribution in [0.2, 0.25) is 0 Å². The molecule has 3 radical (unpaired) electrons. The Morgan fingerprint density at radius 1 is 1.00 bits per heavy atom. The molecule has 1 aromatic rings. The van der Waals surface area contributed by atoms with Gasteiger partial charge < -0.3 is 10.2 Å². The number of hydrogen-bond donors (Lipinski definition) is 2. The van der Waals surface area contributed by atoms with Gasteiger partial charge >= 0.3 is 5.97 Å². The first kappa shape index (κ1) is 18.1. The summed E-state index contributed by atoms with van der Waals surface area (Å²) in [6, 6.07) is 3.47. The minimum atomic E-state index is -1.09. The van der Waals surface area contributed by atoms with Crippen molar-refractivity contribution in [1.82, 2.24) is 0 Å². The van der Waals surface area contributed by atoms with Crippen LogP contribution in [0.25, 0.3) is 0 Å².